The Kier molecular flexibility index (Phi) is 7.62. The molecule has 0 radical (unpaired) electrons. The number of imide groups is 1. The first kappa shape index (κ1) is 25.0. The maximum Gasteiger partial charge on any atom is 0.325 e. The summed E-state index contributed by atoms with van der Waals surface area (Å²) in [6.45, 7) is 5.50. The van der Waals surface area contributed by atoms with Gasteiger partial charge in [-0.15, -0.1) is 0 Å². The molecule has 190 valence electrons. The maximum absolute atomic E-state index is 13.2. The van der Waals surface area contributed by atoms with E-state index in [2.05, 4.69) is 5.32 Å². The topological polar surface area (TPSA) is 99.3 Å². The van der Waals surface area contributed by atoms with Crippen molar-refractivity contribution in [2.75, 3.05) is 32.8 Å². The van der Waals surface area contributed by atoms with Crippen LogP contribution in [0.3, 0.4) is 0 Å². The SMILES string of the molecule is CC1(C)NC(=O)N(CCC(=O)N2CCCC[C@@H]2C2CCN(C(=O)COc3ccccc3)CC2)C1=O. The van der Waals surface area contributed by atoms with Crippen LogP contribution in [0.4, 0.5) is 4.79 Å². The van der Waals surface area contributed by atoms with Gasteiger partial charge in [0, 0.05) is 38.6 Å². The Morgan fingerprint density at radius 3 is 2.37 bits per heavy atom. The van der Waals surface area contributed by atoms with Crippen molar-refractivity contribution < 1.29 is 23.9 Å². The second kappa shape index (κ2) is 10.7. The molecule has 4 rings (SSSR count). The average Bonchev–Trinajstić information content (AvgIpc) is 3.07. The van der Waals surface area contributed by atoms with Crippen LogP contribution < -0.4 is 10.1 Å². The van der Waals surface area contributed by atoms with Crippen LogP contribution in [0, 0.1) is 5.92 Å². The summed E-state index contributed by atoms with van der Waals surface area (Å²) in [6.07, 6.45) is 4.85. The number of hydrogen-bond donors (Lipinski definition) is 1. The Hall–Kier alpha value is -3.10. The molecule has 1 aromatic rings. The van der Waals surface area contributed by atoms with Crippen LogP contribution in [0.15, 0.2) is 30.3 Å². The van der Waals surface area contributed by atoms with Gasteiger partial charge in [0.05, 0.1) is 0 Å². The second-order valence-corrected chi connectivity index (χ2v) is 10.2. The molecule has 3 heterocycles. The third kappa shape index (κ3) is 5.77. The normalized spacial score (nSPS) is 22.8. The molecule has 0 bridgehead atoms. The number of hydrogen-bond acceptors (Lipinski definition) is 5. The van der Waals surface area contributed by atoms with Crippen molar-refractivity contribution in [1.29, 1.82) is 0 Å². The lowest BCUT2D eigenvalue weighted by Crippen LogP contribution is -2.51. The summed E-state index contributed by atoms with van der Waals surface area (Å²) in [5, 5.41) is 2.66. The molecule has 1 N–H and O–H groups in total. The highest BCUT2D eigenvalue weighted by Crippen LogP contribution is 2.31. The van der Waals surface area contributed by atoms with Crippen LogP contribution in [0.2, 0.25) is 0 Å². The molecule has 0 spiro atoms. The van der Waals surface area contributed by atoms with E-state index < -0.39 is 11.6 Å². The van der Waals surface area contributed by atoms with Crippen molar-refractivity contribution in [3.63, 3.8) is 0 Å². The van der Waals surface area contributed by atoms with Crippen LogP contribution in [-0.4, -0.2) is 82.8 Å². The minimum atomic E-state index is -0.925. The Morgan fingerprint density at radius 2 is 1.71 bits per heavy atom. The zero-order valence-corrected chi connectivity index (χ0v) is 20.7. The lowest BCUT2D eigenvalue weighted by molar-refractivity contribution is -0.140. The molecule has 3 aliphatic rings. The number of rotatable bonds is 7. The highest BCUT2D eigenvalue weighted by Gasteiger charge is 2.44. The molecule has 3 saturated heterocycles. The first-order valence-corrected chi connectivity index (χ1v) is 12.7. The lowest BCUT2D eigenvalue weighted by Gasteiger charge is -2.44. The molecule has 0 aliphatic carbocycles. The van der Waals surface area contributed by atoms with Gasteiger partial charge in [-0.3, -0.25) is 19.3 Å². The smallest absolute Gasteiger partial charge is 0.325 e. The molecule has 3 fully saturated rings. The van der Waals surface area contributed by atoms with Gasteiger partial charge in [0.2, 0.25) is 5.91 Å². The van der Waals surface area contributed by atoms with Crippen molar-refractivity contribution in [2.45, 2.75) is 64.0 Å². The summed E-state index contributed by atoms with van der Waals surface area (Å²) in [4.78, 5) is 55.3. The molecule has 9 heteroatoms. The van der Waals surface area contributed by atoms with Crippen molar-refractivity contribution in [1.82, 2.24) is 20.0 Å². The molecule has 0 saturated carbocycles. The molecule has 35 heavy (non-hydrogen) atoms. The number of piperidine rings is 2. The number of carbonyl (C=O) groups is 4. The van der Waals surface area contributed by atoms with E-state index in [1.165, 1.54) is 0 Å². The summed E-state index contributed by atoms with van der Waals surface area (Å²) < 4.78 is 5.61. The van der Waals surface area contributed by atoms with Crippen LogP contribution in [0.5, 0.6) is 5.75 Å². The van der Waals surface area contributed by atoms with Crippen LogP contribution in [-0.2, 0) is 14.4 Å². The molecule has 0 unspecified atom stereocenters. The first-order chi connectivity index (χ1) is 16.8. The average molecular weight is 485 g/mol. The minimum absolute atomic E-state index is 0.00484. The Balaban J connectivity index is 1.27. The van der Waals surface area contributed by atoms with Gasteiger partial charge in [-0.05, 0) is 64.0 Å². The standard InChI is InChI=1S/C26H36N4O5/c1-26(2)24(33)30(25(34)27-26)17-13-22(31)29-14-7-6-10-21(29)19-11-15-28(16-12-19)23(32)18-35-20-8-4-3-5-9-20/h3-5,8-9,19,21H,6-7,10-18H2,1-2H3,(H,27,34)/t21-/m1/s1. The van der Waals surface area contributed by atoms with E-state index in [9.17, 15) is 19.2 Å². The monoisotopic (exact) mass is 484 g/mol. The summed E-state index contributed by atoms with van der Waals surface area (Å²) >= 11 is 0. The van der Waals surface area contributed by atoms with Gasteiger partial charge in [-0.2, -0.15) is 0 Å². The van der Waals surface area contributed by atoms with Gasteiger partial charge in [-0.25, -0.2) is 4.79 Å². The van der Waals surface area contributed by atoms with E-state index >= 15 is 0 Å². The molecule has 9 nitrogen and oxygen atoms in total. The summed E-state index contributed by atoms with van der Waals surface area (Å²) in [6, 6.07) is 9.04. The van der Waals surface area contributed by atoms with E-state index in [0.29, 0.717) is 31.3 Å². The predicted octanol–water partition coefficient (Wildman–Crippen LogP) is 2.41. The number of carbonyl (C=O) groups excluding carboxylic acids is 4. The number of nitrogens with zero attached hydrogens (tertiary/aromatic N) is 3. The molecule has 1 aromatic carbocycles. The van der Waals surface area contributed by atoms with Gasteiger partial charge in [-0.1, -0.05) is 18.2 Å². The molecular formula is C26H36N4O5. The molecule has 1 atom stereocenters. The minimum Gasteiger partial charge on any atom is -0.484 e. The van der Waals surface area contributed by atoms with Gasteiger partial charge < -0.3 is 19.9 Å². The number of likely N-dealkylation sites (tertiary alicyclic amines) is 2. The molecule has 3 aliphatic heterocycles. The van der Waals surface area contributed by atoms with Gasteiger partial charge in [0.1, 0.15) is 11.3 Å². The fraction of sp³-hybridized carbons (Fsp3) is 0.615. The van der Waals surface area contributed by atoms with Crippen molar-refractivity contribution in [2.24, 2.45) is 5.92 Å². The Morgan fingerprint density at radius 1 is 1.00 bits per heavy atom. The van der Waals surface area contributed by atoms with Crippen molar-refractivity contribution in [3.8, 4) is 5.75 Å². The van der Waals surface area contributed by atoms with E-state index in [-0.39, 0.29) is 43.3 Å². The van der Waals surface area contributed by atoms with E-state index in [4.69, 9.17) is 4.74 Å². The van der Waals surface area contributed by atoms with Gasteiger partial charge in [0.25, 0.3) is 11.8 Å². The number of benzene rings is 1. The van der Waals surface area contributed by atoms with E-state index in [1.54, 1.807) is 13.8 Å². The largest absolute Gasteiger partial charge is 0.484 e. The van der Waals surface area contributed by atoms with Crippen LogP contribution >= 0.6 is 0 Å². The third-order valence-corrected chi connectivity index (χ3v) is 7.41. The highest BCUT2D eigenvalue weighted by atomic mass is 16.5. The van der Waals surface area contributed by atoms with Gasteiger partial charge in [0.15, 0.2) is 6.61 Å². The number of urea groups is 1. The fourth-order valence-corrected chi connectivity index (χ4v) is 5.42. The van der Waals surface area contributed by atoms with E-state index in [1.807, 2.05) is 40.1 Å². The molecule has 5 amide bonds. The van der Waals surface area contributed by atoms with Crippen molar-refractivity contribution >= 4 is 23.8 Å². The maximum atomic E-state index is 13.2. The fourth-order valence-electron chi connectivity index (χ4n) is 5.42. The number of para-hydroxylation sites is 1. The van der Waals surface area contributed by atoms with Gasteiger partial charge >= 0.3 is 6.03 Å². The number of ether oxygens (including phenoxy) is 1. The second-order valence-electron chi connectivity index (χ2n) is 10.2. The summed E-state index contributed by atoms with van der Waals surface area (Å²) in [7, 11) is 0. The van der Waals surface area contributed by atoms with E-state index in [0.717, 1.165) is 37.0 Å². The number of nitrogens with one attached hydrogen (secondary N) is 1. The highest BCUT2D eigenvalue weighted by molar-refractivity contribution is 6.06. The molecular weight excluding hydrogens is 448 g/mol. The number of amides is 5. The Bertz CT molecular complexity index is 942. The predicted molar refractivity (Wildman–Crippen MR) is 130 cm³/mol. The first-order valence-electron chi connectivity index (χ1n) is 12.7. The van der Waals surface area contributed by atoms with Crippen LogP contribution in [0.1, 0.15) is 52.4 Å². The lowest BCUT2D eigenvalue weighted by atomic mass is 9.83. The summed E-state index contributed by atoms with van der Waals surface area (Å²) in [5.74, 6) is 0.715. The quantitative estimate of drug-likeness (QED) is 0.599. The van der Waals surface area contributed by atoms with Crippen molar-refractivity contribution in [3.05, 3.63) is 30.3 Å². The zero-order chi connectivity index (χ0) is 25.0. The van der Waals surface area contributed by atoms with Crippen LogP contribution in [0.25, 0.3) is 0 Å². The molecule has 0 aromatic heterocycles. The zero-order valence-electron chi connectivity index (χ0n) is 20.7. The summed E-state index contributed by atoms with van der Waals surface area (Å²) in [5.41, 5.74) is -0.925. The third-order valence-electron chi connectivity index (χ3n) is 7.41. The Labute approximate surface area is 206 Å².